The minimum Gasteiger partial charge on any atom is -0.489 e. The molecular weight excluding hydrogens is 265 g/mol. The van der Waals surface area contributed by atoms with Crippen LogP contribution in [0.15, 0.2) is 18.2 Å². The largest absolute Gasteiger partial charge is 0.489 e. The summed E-state index contributed by atoms with van der Waals surface area (Å²) in [6.07, 6.45) is -0.681. The van der Waals surface area contributed by atoms with E-state index in [1.165, 1.54) is 18.2 Å². The predicted octanol–water partition coefficient (Wildman–Crippen LogP) is 1.83. The van der Waals surface area contributed by atoms with Gasteiger partial charge in [0.05, 0.1) is 6.10 Å². The number of halogens is 2. The summed E-state index contributed by atoms with van der Waals surface area (Å²) in [6.45, 7) is 0.0172. The highest BCUT2D eigenvalue weighted by molar-refractivity contribution is 9.09. The van der Waals surface area contributed by atoms with E-state index < -0.39 is 11.9 Å². The summed E-state index contributed by atoms with van der Waals surface area (Å²) in [5.74, 6) is -0.471. The van der Waals surface area contributed by atoms with Gasteiger partial charge in [0.25, 0.3) is 0 Å². The van der Waals surface area contributed by atoms with Gasteiger partial charge in [-0.1, -0.05) is 22.0 Å². The average Bonchev–Trinajstić information content (AvgIpc) is 2.25. The molecule has 0 radical (unpaired) electrons. The van der Waals surface area contributed by atoms with E-state index in [0.717, 1.165) is 0 Å². The van der Waals surface area contributed by atoms with E-state index in [-0.39, 0.29) is 17.9 Å². The molecule has 1 N–H and O–H groups in total. The molecule has 0 heterocycles. The number of aliphatic hydroxyl groups excluding tert-OH is 1. The van der Waals surface area contributed by atoms with Crippen LogP contribution in [0.2, 0.25) is 0 Å². The first-order valence-electron chi connectivity index (χ1n) is 4.24. The molecule has 0 saturated carbocycles. The molecule has 1 rings (SSSR count). The number of ether oxygens (including phenoxy) is 1. The molecular formula is C10H9BrFNO2. The zero-order chi connectivity index (χ0) is 11.3. The maximum atomic E-state index is 13.1. The van der Waals surface area contributed by atoms with E-state index in [4.69, 9.17) is 10.00 Å². The third-order valence-corrected chi connectivity index (χ3v) is 2.44. The van der Waals surface area contributed by atoms with Crippen molar-refractivity contribution in [1.29, 1.82) is 5.26 Å². The number of nitrogens with zero attached hydrogens (tertiary/aromatic N) is 1. The topological polar surface area (TPSA) is 53.2 Å². The van der Waals surface area contributed by atoms with E-state index in [1.54, 1.807) is 6.07 Å². The molecule has 80 valence electrons. The Morgan fingerprint density at radius 1 is 1.60 bits per heavy atom. The van der Waals surface area contributed by atoms with Gasteiger partial charge in [-0.25, -0.2) is 4.39 Å². The number of aliphatic hydroxyl groups is 1. The van der Waals surface area contributed by atoms with Crippen molar-refractivity contribution in [1.82, 2.24) is 0 Å². The summed E-state index contributed by atoms with van der Waals surface area (Å²) in [6, 6.07) is 5.84. The number of hydrogen-bond donors (Lipinski definition) is 1. The molecule has 3 nitrogen and oxygen atoms in total. The lowest BCUT2D eigenvalue weighted by molar-refractivity contribution is 0.127. The molecule has 0 bridgehead atoms. The highest BCUT2D eigenvalue weighted by Crippen LogP contribution is 2.20. The van der Waals surface area contributed by atoms with Crippen LogP contribution >= 0.6 is 15.9 Å². The summed E-state index contributed by atoms with van der Waals surface area (Å²) in [5, 5.41) is 18.2. The first-order valence-corrected chi connectivity index (χ1v) is 5.36. The summed E-state index contributed by atoms with van der Waals surface area (Å²) in [7, 11) is 0. The van der Waals surface area contributed by atoms with Crippen LogP contribution in [0.1, 0.15) is 5.56 Å². The minimum absolute atomic E-state index is 0.0172. The number of nitriles is 1. The Labute approximate surface area is 95.2 Å². The fourth-order valence-electron chi connectivity index (χ4n) is 0.964. The van der Waals surface area contributed by atoms with E-state index in [1.807, 2.05) is 0 Å². The molecule has 5 heteroatoms. The van der Waals surface area contributed by atoms with E-state index in [9.17, 15) is 9.50 Å². The molecule has 0 aliphatic carbocycles. The number of rotatable bonds is 4. The zero-order valence-electron chi connectivity index (χ0n) is 7.78. The minimum atomic E-state index is -0.681. The Bertz CT molecular complexity index is 378. The van der Waals surface area contributed by atoms with Gasteiger partial charge in [-0.05, 0) is 12.1 Å². The van der Waals surface area contributed by atoms with Crippen molar-refractivity contribution in [2.24, 2.45) is 0 Å². The van der Waals surface area contributed by atoms with Gasteiger partial charge in [0.15, 0.2) is 0 Å². The fraction of sp³-hybridized carbons (Fsp3) is 0.300. The van der Waals surface area contributed by atoms with Crippen molar-refractivity contribution in [3.05, 3.63) is 29.6 Å². The number of hydrogen-bond acceptors (Lipinski definition) is 3. The number of alkyl halides is 1. The Balaban J connectivity index is 2.77. The molecule has 0 amide bonds. The molecule has 1 unspecified atom stereocenters. The van der Waals surface area contributed by atoms with Crippen molar-refractivity contribution in [2.75, 3.05) is 11.9 Å². The Hall–Kier alpha value is -1.12. The molecule has 15 heavy (non-hydrogen) atoms. The lowest BCUT2D eigenvalue weighted by Crippen LogP contribution is -2.19. The van der Waals surface area contributed by atoms with Gasteiger partial charge >= 0.3 is 0 Å². The molecule has 0 aromatic heterocycles. The summed E-state index contributed by atoms with van der Waals surface area (Å²) in [5.41, 5.74) is -0.140. The third-order valence-electron chi connectivity index (χ3n) is 1.70. The molecule has 0 saturated heterocycles. The van der Waals surface area contributed by atoms with Crippen molar-refractivity contribution < 1.29 is 14.2 Å². The molecule has 0 spiro atoms. The average molecular weight is 274 g/mol. The van der Waals surface area contributed by atoms with Crippen LogP contribution in [0.3, 0.4) is 0 Å². The zero-order valence-corrected chi connectivity index (χ0v) is 9.37. The van der Waals surface area contributed by atoms with Crippen LogP contribution in [-0.4, -0.2) is 23.1 Å². The summed E-state index contributed by atoms with van der Waals surface area (Å²) >= 11 is 3.07. The van der Waals surface area contributed by atoms with Crippen molar-refractivity contribution in [3.8, 4) is 11.8 Å². The van der Waals surface area contributed by atoms with Crippen LogP contribution in [0.5, 0.6) is 5.75 Å². The van der Waals surface area contributed by atoms with Crippen molar-refractivity contribution in [2.45, 2.75) is 6.10 Å². The SMILES string of the molecule is N#Cc1c(F)cccc1OCC(O)CBr. The molecule has 0 fully saturated rings. The first-order chi connectivity index (χ1) is 7.19. The quantitative estimate of drug-likeness (QED) is 0.852. The highest BCUT2D eigenvalue weighted by Gasteiger charge is 2.10. The lowest BCUT2D eigenvalue weighted by Gasteiger charge is -2.10. The van der Waals surface area contributed by atoms with Crippen molar-refractivity contribution in [3.63, 3.8) is 0 Å². The molecule has 1 aromatic rings. The van der Waals surface area contributed by atoms with Crippen LogP contribution in [0.4, 0.5) is 4.39 Å². The van der Waals surface area contributed by atoms with E-state index >= 15 is 0 Å². The second-order valence-corrected chi connectivity index (χ2v) is 3.49. The molecule has 0 aliphatic heterocycles. The maximum Gasteiger partial charge on any atom is 0.144 e. The Kier molecular flexibility index (Phi) is 4.53. The van der Waals surface area contributed by atoms with E-state index in [0.29, 0.717) is 5.33 Å². The highest BCUT2D eigenvalue weighted by atomic mass is 79.9. The molecule has 1 atom stereocenters. The van der Waals surface area contributed by atoms with Gasteiger partial charge in [-0.3, -0.25) is 0 Å². The second-order valence-electron chi connectivity index (χ2n) is 2.84. The fourth-order valence-corrected chi connectivity index (χ4v) is 1.15. The van der Waals surface area contributed by atoms with Crippen LogP contribution in [0.25, 0.3) is 0 Å². The van der Waals surface area contributed by atoms with Gasteiger partial charge in [0, 0.05) is 5.33 Å². The third kappa shape index (κ3) is 3.18. The molecule has 1 aromatic carbocycles. The van der Waals surface area contributed by atoms with Gasteiger partial charge in [-0.2, -0.15) is 5.26 Å². The second kappa shape index (κ2) is 5.69. The lowest BCUT2D eigenvalue weighted by atomic mass is 10.2. The smallest absolute Gasteiger partial charge is 0.144 e. The summed E-state index contributed by atoms with van der Waals surface area (Å²) in [4.78, 5) is 0. The predicted molar refractivity (Wildman–Crippen MR) is 56.4 cm³/mol. The Morgan fingerprint density at radius 2 is 2.33 bits per heavy atom. The first kappa shape index (κ1) is 12.0. The van der Waals surface area contributed by atoms with Gasteiger partial charge in [0.1, 0.15) is 29.8 Å². The maximum absolute atomic E-state index is 13.1. The van der Waals surface area contributed by atoms with Gasteiger partial charge in [0.2, 0.25) is 0 Å². The van der Waals surface area contributed by atoms with Crippen LogP contribution < -0.4 is 4.74 Å². The van der Waals surface area contributed by atoms with Crippen molar-refractivity contribution >= 4 is 15.9 Å². The Morgan fingerprint density at radius 3 is 2.93 bits per heavy atom. The van der Waals surface area contributed by atoms with Crippen LogP contribution in [0, 0.1) is 17.1 Å². The summed E-state index contributed by atoms with van der Waals surface area (Å²) < 4.78 is 18.2. The van der Waals surface area contributed by atoms with Crippen LogP contribution in [-0.2, 0) is 0 Å². The van der Waals surface area contributed by atoms with E-state index in [2.05, 4.69) is 15.9 Å². The standard InChI is InChI=1S/C10H9BrFNO2/c11-4-7(14)6-15-10-3-1-2-9(12)8(10)5-13/h1-3,7,14H,4,6H2. The monoisotopic (exact) mass is 273 g/mol. The number of benzene rings is 1. The van der Waals surface area contributed by atoms with Gasteiger partial charge in [-0.15, -0.1) is 0 Å². The molecule has 0 aliphatic rings. The van der Waals surface area contributed by atoms with Gasteiger partial charge < -0.3 is 9.84 Å². The normalized spacial score (nSPS) is 11.9.